The Labute approximate surface area is 207 Å². The number of anilines is 3. The molecule has 0 amide bonds. The zero-order valence-corrected chi connectivity index (χ0v) is 16.7. The van der Waals surface area contributed by atoms with E-state index >= 15 is 0 Å². The standard InChI is InChI=1S/C21H13F3N2O5S.Na.H/c22-21(23,24)10-4-3-5-11(8-10)26-14-9-15(32(29,30)31)18(25)17-16(14)19(27)12-6-1-2-7-13(12)20(17)28;;/h1-9,26H,25H2,(H,29,30,31);;. The van der Waals surface area contributed by atoms with Gasteiger partial charge in [-0.05, 0) is 24.3 Å². The summed E-state index contributed by atoms with van der Waals surface area (Å²) in [6.45, 7) is 0. The summed E-state index contributed by atoms with van der Waals surface area (Å²) in [6, 6.07) is 10.5. The number of nitrogens with one attached hydrogen (secondary N) is 1. The van der Waals surface area contributed by atoms with Crippen molar-refractivity contribution in [1.29, 1.82) is 0 Å². The van der Waals surface area contributed by atoms with Gasteiger partial charge in [-0.15, -0.1) is 0 Å². The molecule has 12 heteroatoms. The second-order valence-electron chi connectivity index (χ2n) is 6.97. The molecule has 0 saturated heterocycles. The Bertz CT molecular complexity index is 1420. The number of rotatable bonds is 3. The molecule has 7 nitrogen and oxygen atoms in total. The van der Waals surface area contributed by atoms with Crippen LogP contribution in [0.3, 0.4) is 0 Å². The molecular formula is C21H14F3N2NaO5S. The molecule has 0 atom stereocenters. The molecular weight excluding hydrogens is 472 g/mol. The summed E-state index contributed by atoms with van der Waals surface area (Å²) in [4.78, 5) is 25.4. The Morgan fingerprint density at radius 2 is 1.45 bits per heavy atom. The summed E-state index contributed by atoms with van der Waals surface area (Å²) in [6.07, 6.45) is -4.65. The van der Waals surface area contributed by atoms with Gasteiger partial charge in [0.15, 0.2) is 11.6 Å². The second-order valence-corrected chi connectivity index (χ2v) is 8.36. The predicted octanol–water partition coefficient (Wildman–Crippen LogP) is 3.40. The fourth-order valence-corrected chi connectivity index (χ4v) is 4.18. The van der Waals surface area contributed by atoms with Crippen molar-refractivity contribution >= 4 is 68.3 Å². The van der Waals surface area contributed by atoms with Crippen LogP contribution in [0.1, 0.15) is 37.4 Å². The maximum absolute atomic E-state index is 13.2. The van der Waals surface area contributed by atoms with E-state index in [9.17, 15) is 35.7 Å². The predicted molar refractivity (Wildman–Crippen MR) is 116 cm³/mol. The first-order valence-corrected chi connectivity index (χ1v) is 10.4. The SMILES string of the molecule is Nc1c(S(=O)(=O)O)cc(Nc2cccc(C(F)(F)F)c2)c2c1C(=O)c1ccccc1C2=O.[NaH]. The van der Waals surface area contributed by atoms with E-state index in [-0.39, 0.29) is 57.6 Å². The van der Waals surface area contributed by atoms with Gasteiger partial charge in [-0.3, -0.25) is 14.1 Å². The average Bonchev–Trinajstić information content (AvgIpc) is 2.71. The van der Waals surface area contributed by atoms with Crippen LogP contribution in [0.2, 0.25) is 0 Å². The van der Waals surface area contributed by atoms with Crippen molar-refractivity contribution in [2.45, 2.75) is 11.1 Å². The van der Waals surface area contributed by atoms with Crippen molar-refractivity contribution in [3.8, 4) is 0 Å². The number of nitrogens with two attached hydrogens (primary N) is 1. The molecule has 0 aromatic heterocycles. The third-order valence-corrected chi connectivity index (χ3v) is 5.84. The summed E-state index contributed by atoms with van der Waals surface area (Å²) in [5.74, 6) is -1.44. The van der Waals surface area contributed by atoms with E-state index < -0.39 is 49.6 Å². The van der Waals surface area contributed by atoms with Crippen LogP contribution in [0.25, 0.3) is 0 Å². The fraction of sp³-hybridized carbons (Fsp3) is 0.0476. The third kappa shape index (κ3) is 4.42. The zero-order valence-electron chi connectivity index (χ0n) is 15.9. The topological polar surface area (TPSA) is 127 Å². The van der Waals surface area contributed by atoms with Gasteiger partial charge in [-0.1, -0.05) is 30.3 Å². The quantitative estimate of drug-likeness (QED) is 0.230. The molecule has 1 aliphatic rings. The Hall–Kier alpha value is -2.70. The van der Waals surface area contributed by atoms with Crippen molar-refractivity contribution in [3.05, 3.63) is 82.4 Å². The summed E-state index contributed by atoms with van der Waals surface area (Å²) in [5, 5.41) is 2.56. The number of carbonyl (C=O) groups is 2. The van der Waals surface area contributed by atoms with Crippen LogP contribution in [0, 0.1) is 0 Å². The number of halogens is 3. The van der Waals surface area contributed by atoms with Gasteiger partial charge in [-0.2, -0.15) is 21.6 Å². The van der Waals surface area contributed by atoms with Gasteiger partial charge in [0.05, 0.1) is 28.1 Å². The maximum atomic E-state index is 13.2. The summed E-state index contributed by atoms with van der Waals surface area (Å²) in [7, 11) is -4.94. The van der Waals surface area contributed by atoms with Gasteiger partial charge in [0.1, 0.15) is 4.90 Å². The second kappa shape index (κ2) is 8.58. The first kappa shape index (κ1) is 24.9. The molecule has 4 rings (SSSR count). The summed E-state index contributed by atoms with van der Waals surface area (Å²) in [5.41, 5.74) is 3.04. The van der Waals surface area contributed by atoms with E-state index in [4.69, 9.17) is 5.73 Å². The molecule has 0 saturated carbocycles. The molecule has 0 spiro atoms. The number of nitrogen functional groups attached to an aromatic ring is 1. The normalized spacial score (nSPS) is 13.1. The molecule has 0 heterocycles. The monoisotopic (exact) mass is 486 g/mol. The van der Waals surface area contributed by atoms with Crippen molar-refractivity contribution in [3.63, 3.8) is 0 Å². The molecule has 0 aliphatic heterocycles. The van der Waals surface area contributed by atoms with Crippen molar-refractivity contribution in [1.82, 2.24) is 0 Å². The van der Waals surface area contributed by atoms with Crippen LogP contribution in [0.5, 0.6) is 0 Å². The molecule has 0 radical (unpaired) electrons. The van der Waals surface area contributed by atoms with Crippen LogP contribution in [-0.4, -0.2) is 54.1 Å². The van der Waals surface area contributed by atoms with Gasteiger partial charge < -0.3 is 11.1 Å². The first-order valence-electron chi connectivity index (χ1n) is 8.96. The summed E-state index contributed by atoms with van der Waals surface area (Å²) < 4.78 is 72.5. The van der Waals surface area contributed by atoms with Gasteiger partial charge in [-0.25, -0.2) is 0 Å². The number of carbonyl (C=O) groups excluding carboxylic acids is 2. The van der Waals surface area contributed by atoms with Crippen molar-refractivity contribution in [2.75, 3.05) is 11.1 Å². The summed E-state index contributed by atoms with van der Waals surface area (Å²) >= 11 is 0. The van der Waals surface area contributed by atoms with Crippen LogP contribution in [0.4, 0.5) is 30.2 Å². The molecule has 4 N–H and O–H groups in total. The van der Waals surface area contributed by atoms with Crippen LogP contribution in [0.15, 0.2) is 59.5 Å². The molecule has 3 aromatic carbocycles. The number of benzene rings is 3. The number of ketones is 2. The van der Waals surface area contributed by atoms with Gasteiger partial charge in [0, 0.05) is 16.8 Å². The number of hydrogen-bond acceptors (Lipinski definition) is 6. The Balaban J connectivity index is 0.00000306. The number of fused-ring (bicyclic) bond motifs is 2. The molecule has 0 bridgehead atoms. The first-order chi connectivity index (χ1) is 14.9. The van der Waals surface area contributed by atoms with E-state index in [1.165, 1.54) is 30.3 Å². The Morgan fingerprint density at radius 3 is 2.00 bits per heavy atom. The molecule has 0 unspecified atom stereocenters. The Morgan fingerprint density at radius 1 is 0.879 bits per heavy atom. The van der Waals surface area contributed by atoms with Crippen LogP contribution >= 0.6 is 0 Å². The molecule has 0 fully saturated rings. The minimum atomic E-state index is -4.94. The van der Waals surface area contributed by atoms with Crippen molar-refractivity contribution < 1.29 is 35.7 Å². The van der Waals surface area contributed by atoms with E-state index in [0.717, 1.165) is 24.3 Å². The molecule has 166 valence electrons. The van der Waals surface area contributed by atoms with Gasteiger partial charge >= 0.3 is 35.7 Å². The van der Waals surface area contributed by atoms with E-state index in [1.54, 1.807) is 0 Å². The Kier molecular flexibility index (Phi) is 6.48. The van der Waals surface area contributed by atoms with Gasteiger partial charge in [0.2, 0.25) is 0 Å². The number of alkyl halides is 3. The van der Waals surface area contributed by atoms with E-state index in [2.05, 4.69) is 5.32 Å². The molecule has 1 aliphatic carbocycles. The van der Waals surface area contributed by atoms with Crippen LogP contribution < -0.4 is 11.1 Å². The molecule has 33 heavy (non-hydrogen) atoms. The van der Waals surface area contributed by atoms with E-state index in [0.29, 0.717) is 0 Å². The third-order valence-electron chi connectivity index (χ3n) is 4.95. The van der Waals surface area contributed by atoms with Gasteiger partial charge in [0.25, 0.3) is 10.1 Å². The average molecular weight is 486 g/mol. The van der Waals surface area contributed by atoms with Crippen LogP contribution in [-0.2, 0) is 16.3 Å². The molecule has 3 aromatic rings. The number of hydrogen-bond donors (Lipinski definition) is 3. The fourth-order valence-electron chi connectivity index (χ4n) is 3.53. The van der Waals surface area contributed by atoms with Crippen molar-refractivity contribution in [2.24, 2.45) is 0 Å². The zero-order chi connectivity index (χ0) is 23.4. The van der Waals surface area contributed by atoms with E-state index in [1.807, 2.05) is 0 Å². The minimum absolute atomic E-state index is 0.